The fourth-order valence-corrected chi connectivity index (χ4v) is 2.62. The molecule has 90 valence electrons. The van der Waals surface area contributed by atoms with Crippen LogP contribution in [0.4, 0.5) is 0 Å². The number of rotatable bonds is 3. The zero-order valence-corrected chi connectivity index (χ0v) is 10.4. The molecule has 0 saturated heterocycles. The Hall–Kier alpha value is -1.60. The maximum Gasteiger partial charge on any atom is 0.235 e. The van der Waals surface area contributed by atoms with Gasteiger partial charge in [-0.1, -0.05) is 0 Å². The molecule has 1 aliphatic rings. The molecule has 0 fully saturated rings. The predicted octanol–water partition coefficient (Wildman–Crippen LogP) is 2.72. The summed E-state index contributed by atoms with van der Waals surface area (Å²) in [5.74, 6) is 0.849. The van der Waals surface area contributed by atoms with Crippen LogP contribution in [0.2, 0.25) is 0 Å². The smallest absolute Gasteiger partial charge is 0.235 e. The lowest BCUT2D eigenvalue weighted by molar-refractivity contribution is 0.408. The van der Waals surface area contributed by atoms with Crippen molar-refractivity contribution in [3.63, 3.8) is 0 Å². The summed E-state index contributed by atoms with van der Waals surface area (Å²) >= 11 is 0. The Kier molecular flexibility index (Phi) is 3.60. The molecule has 0 spiro atoms. The average molecular weight is 231 g/mol. The van der Waals surface area contributed by atoms with Gasteiger partial charge in [0.05, 0.1) is 13.7 Å². The van der Waals surface area contributed by atoms with E-state index in [2.05, 4.69) is 18.0 Å². The van der Waals surface area contributed by atoms with Crippen molar-refractivity contribution in [1.29, 1.82) is 0 Å². The van der Waals surface area contributed by atoms with E-state index in [4.69, 9.17) is 4.74 Å². The van der Waals surface area contributed by atoms with Crippen molar-refractivity contribution < 1.29 is 9.53 Å². The van der Waals surface area contributed by atoms with Crippen LogP contribution in [0.1, 0.15) is 35.1 Å². The Bertz CT molecular complexity index is 474. The number of fused-ring (bicyclic) bond motifs is 1. The van der Waals surface area contributed by atoms with Gasteiger partial charge in [0, 0.05) is 5.56 Å². The van der Waals surface area contributed by atoms with Crippen LogP contribution in [0.3, 0.4) is 0 Å². The van der Waals surface area contributed by atoms with Gasteiger partial charge in [-0.25, -0.2) is 9.79 Å². The molecule has 0 N–H and O–H groups in total. The summed E-state index contributed by atoms with van der Waals surface area (Å²) < 4.78 is 5.40. The average Bonchev–Trinajstić information content (AvgIpc) is 2.37. The highest BCUT2D eigenvalue weighted by molar-refractivity contribution is 5.50. The summed E-state index contributed by atoms with van der Waals surface area (Å²) in [7, 11) is 1.66. The molecule has 17 heavy (non-hydrogen) atoms. The first-order valence-electron chi connectivity index (χ1n) is 5.99. The molecule has 0 aliphatic heterocycles. The van der Waals surface area contributed by atoms with E-state index in [1.807, 2.05) is 0 Å². The third-order valence-corrected chi connectivity index (χ3v) is 3.54. The van der Waals surface area contributed by atoms with Gasteiger partial charge in [0.25, 0.3) is 0 Å². The van der Waals surface area contributed by atoms with Crippen molar-refractivity contribution in [3.8, 4) is 5.75 Å². The molecule has 2 rings (SSSR count). The molecule has 0 aromatic heterocycles. The first-order valence-corrected chi connectivity index (χ1v) is 5.99. The SMILES string of the molecule is COc1cc2c(c(C)c1CN=C=O)CCCC2. The Morgan fingerprint density at radius 1 is 1.41 bits per heavy atom. The molecule has 0 bridgehead atoms. The van der Waals surface area contributed by atoms with Crippen LogP contribution in [0, 0.1) is 6.92 Å². The van der Waals surface area contributed by atoms with E-state index in [0.717, 1.165) is 24.2 Å². The third-order valence-electron chi connectivity index (χ3n) is 3.54. The van der Waals surface area contributed by atoms with Gasteiger partial charge in [0.1, 0.15) is 5.75 Å². The van der Waals surface area contributed by atoms with Gasteiger partial charge in [0.15, 0.2) is 0 Å². The Morgan fingerprint density at radius 3 is 2.88 bits per heavy atom. The second-order valence-electron chi connectivity index (χ2n) is 4.43. The minimum Gasteiger partial charge on any atom is -0.496 e. The van der Waals surface area contributed by atoms with Crippen LogP contribution in [0.15, 0.2) is 11.1 Å². The van der Waals surface area contributed by atoms with Crippen LogP contribution in [-0.2, 0) is 24.2 Å². The lowest BCUT2D eigenvalue weighted by Crippen LogP contribution is -2.08. The summed E-state index contributed by atoms with van der Waals surface area (Å²) in [6, 6.07) is 2.11. The maximum absolute atomic E-state index is 10.2. The molecule has 3 heteroatoms. The summed E-state index contributed by atoms with van der Waals surface area (Å²) in [4.78, 5) is 13.9. The van der Waals surface area contributed by atoms with E-state index in [1.54, 1.807) is 13.2 Å². The van der Waals surface area contributed by atoms with E-state index in [1.165, 1.54) is 29.5 Å². The van der Waals surface area contributed by atoms with Gasteiger partial charge < -0.3 is 4.74 Å². The molecular formula is C14H17NO2. The number of isocyanates is 1. The van der Waals surface area contributed by atoms with E-state index >= 15 is 0 Å². The van der Waals surface area contributed by atoms with Crippen LogP contribution in [0.25, 0.3) is 0 Å². The van der Waals surface area contributed by atoms with E-state index in [-0.39, 0.29) is 0 Å². The van der Waals surface area contributed by atoms with Crippen LogP contribution in [-0.4, -0.2) is 13.2 Å². The second-order valence-corrected chi connectivity index (χ2v) is 4.43. The lowest BCUT2D eigenvalue weighted by Gasteiger charge is -2.22. The van der Waals surface area contributed by atoms with Gasteiger partial charge in [-0.3, -0.25) is 0 Å². The minimum atomic E-state index is 0.367. The van der Waals surface area contributed by atoms with Gasteiger partial charge in [0.2, 0.25) is 6.08 Å². The Balaban J connectivity index is 2.52. The first kappa shape index (κ1) is 11.9. The van der Waals surface area contributed by atoms with Crippen molar-refractivity contribution in [3.05, 3.63) is 28.3 Å². The van der Waals surface area contributed by atoms with Crippen molar-refractivity contribution >= 4 is 6.08 Å². The van der Waals surface area contributed by atoms with E-state index in [9.17, 15) is 4.79 Å². The number of aliphatic imine (C=N–C) groups is 1. The molecule has 3 nitrogen and oxygen atoms in total. The van der Waals surface area contributed by atoms with Crippen LogP contribution < -0.4 is 4.74 Å². The number of nitrogens with zero attached hydrogens (tertiary/aromatic N) is 1. The van der Waals surface area contributed by atoms with Gasteiger partial charge in [-0.05, 0) is 55.4 Å². The normalized spacial score (nSPS) is 13.8. The van der Waals surface area contributed by atoms with Crippen molar-refractivity contribution in [2.24, 2.45) is 4.99 Å². The highest BCUT2D eigenvalue weighted by atomic mass is 16.5. The Labute approximate surface area is 102 Å². The van der Waals surface area contributed by atoms with Gasteiger partial charge in [-0.2, -0.15) is 0 Å². The number of benzene rings is 1. The number of aryl methyl sites for hydroxylation is 1. The summed E-state index contributed by atoms with van der Waals surface area (Å²) in [5.41, 5.74) is 5.08. The number of hydrogen-bond acceptors (Lipinski definition) is 3. The number of hydrogen-bond donors (Lipinski definition) is 0. The highest BCUT2D eigenvalue weighted by Crippen LogP contribution is 2.33. The van der Waals surface area contributed by atoms with Gasteiger partial charge in [-0.15, -0.1) is 0 Å². The topological polar surface area (TPSA) is 38.7 Å². The van der Waals surface area contributed by atoms with E-state index in [0.29, 0.717) is 6.54 Å². The molecule has 0 heterocycles. The number of carbonyl (C=O) groups excluding carboxylic acids is 1. The standard InChI is InChI=1S/C14H17NO2/c1-10-12-6-4-3-5-11(12)7-14(17-2)13(10)8-15-9-16/h7H,3-6,8H2,1-2H3. The molecule has 1 aliphatic carbocycles. The Morgan fingerprint density at radius 2 is 2.18 bits per heavy atom. The zero-order chi connectivity index (χ0) is 12.3. The molecule has 0 saturated carbocycles. The first-order chi connectivity index (χ1) is 8.27. The monoisotopic (exact) mass is 231 g/mol. The van der Waals surface area contributed by atoms with Crippen molar-refractivity contribution in [2.45, 2.75) is 39.2 Å². The van der Waals surface area contributed by atoms with E-state index < -0.39 is 0 Å². The maximum atomic E-state index is 10.2. The minimum absolute atomic E-state index is 0.367. The summed E-state index contributed by atoms with van der Waals surface area (Å²) in [6.07, 6.45) is 6.35. The quantitative estimate of drug-likeness (QED) is 0.592. The van der Waals surface area contributed by atoms with Crippen molar-refractivity contribution in [2.75, 3.05) is 7.11 Å². The molecule has 1 aromatic rings. The second kappa shape index (κ2) is 5.15. The summed E-state index contributed by atoms with van der Waals surface area (Å²) in [6.45, 7) is 2.47. The third kappa shape index (κ3) is 2.25. The zero-order valence-electron chi connectivity index (χ0n) is 10.4. The fourth-order valence-electron chi connectivity index (χ4n) is 2.62. The largest absolute Gasteiger partial charge is 0.496 e. The van der Waals surface area contributed by atoms with Crippen LogP contribution >= 0.6 is 0 Å². The number of ether oxygens (including phenoxy) is 1. The fraction of sp³-hybridized carbons (Fsp3) is 0.500. The molecule has 0 radical (unpaired) electrons. The lowest BCUT2D eigenvalue weighted by atomic mass is 9.86. The van der Waals surface area contributed by atoms with Crippen LogP contribution in [0.5, 0.6) is 5.75 Å². The molecule has 1 aromatic carbocycles. The molecule has 0 atom stereocenters. The predicted molar refractivity (Wildman–Crippen MR) is 66.2 cm³/mol. The number of methoxy groups -OCH3 is 1. The summed E-state index contributed by atoms with van der Waals surface area (Å²) in [5, 5.41) is 0. The molecular weight excluding hydrogens is 214 g/mol. The van der Waals surface area contributed by atoms with Gasteiger partial charge >= 0.3 is 0 Å². The molecule has 0 amide bonds. The van der Waals surface area contributed by atoms with Crippen molar-refractivity contribution in [1.82, 2.24) is 0 Å². The molecule has 0 unspecified atom stereocenters. The highest BCUT2D eigenvalue weighted by Gasteiger charge is 2.17.